The monoisotopic (exact) mass is 543 g/mol. The van der Waals surface area contributed by atoms with Gasteiger partial charge in [-0.15, -0.1) is 0 Å². The number of hydrogen-bond donors (Lipinski definition) is 2. The third-order valence-electron chi connectivity index (χ3n) is 8.23. The molecule has 3 unspecified atom stereocenters. The van der Waals surface area contributed by atoms with Gasteiger partial charge in [-0.05, 0) is 30.7 Å². The number of sulfonamides is 1. The minimum Gasteiger partial charge on any atom is -0.341 e. The Morgan fingerprint density at radius 1 is 1.13 bits per heavy atom. The van der Waals surface area contributed by atoms with Crippen molar-refractivity contribution in [3.63, 3.8) is 0 Å². The van der Waals surface area contributed by atoms with Gasteiger partial charge in [-0.1, -0.05) is 62.4 Å². The normalized spacial score (nSPS) is 25.7. The van der Waals surface area contributed by atoms with Crippen LogP contribution in [0, 0.1) is 23.2 Å². The molecule has 3 fully saturated rings. The third kappa shape index (κ3) is 8.01. The molecule has 3 atom stereocenters. The topological polar surface area (TPSA) is 123 Å². The van der Waals surface area contributed by atoms with Crippen molar-refractivity contribution in [1.29, 1.82) is 5.26 Å². The van der Waals surface area contributed by atoms with Gasteiger partial charge in [-0.2, -0.15) is 5.26 Å². The first-order chi connectivity index (χ1) is 18.1. The van der Waals surface area contributed by atoms with Gasteiger partial charge in [0.05, 0.1) is 12.3 Å². The first kappa shape index (κ1) is 28.5. The number of nitrogens with zero attached hydrogens (tertiary/aromatic N) is 3. The number of nitrogens with one attached hydrogen (secondary N) is 2. The van der Waals surface area contributed by atoms with Crippen LogP contribution in [0.25, 0.3) is 0 Å². The van der Waals surface area contributed by atoms with E-state index in [2.05, 4.69) is 33.1 Å². The van der Waals surface area contributed by atoms with Crippen molar-refractivity contribution >= 4 is 21.8 Å². The van der Waals surface area contributed by atoms with E-state index in [1.165, 1.54) is 12.0 Å². The molecular weight excluding hydrogens is 502 g/mol. The smallest absolute Gasteiger partial charge is 0.224 e. The van der Waals surface area contributed by atoms with Crippen LogP contribution in [-0.4, -0.2) is 74.0 Å². The highest BCUT2D eigenvalue weighted by atomic mass is 32.2. The lowest BCUT2D eigenvalue weighted by Crippen LogP contribution is -2.52. The van der Waals surface area contributed by atoms with Crippen molar-refractivity contribution in [1.82, 2.24) is 19.8 Å². The molecular formula is C28H41N5O4S. The summed E-state index contributed by atoms with van der Waals surface area (Å²) in [6, 6.07) is 12.2. The molecule has 208 valence electrons. The van der Waals surface area contributed by atoms with Gasteiger partial charge < -0.3 is 10.2 Å². The molecule has 2 aliphatic heterocycles. The van der Waals surface area contributed by atoms with Gasteiger partial charge in [0.25, 0.3) is 0 Å². The van der Waals surface area contributed by atoms with Gasteiger partial charge in [0.1, 0.15) is 5.54 Å². The van der Waals surface area contributed by atoms with Gasteiger partial charge >= 0.3 is 0 Å². The van der Waals surface area contributed by atoms with E-state index in [0.29, 0.717) is 44.8 Å². The number of carbonyl (C=O) groups excluding carboxylic acids is 2. The van der Waals surface area contributed by atoms with Gasteiger partial charge in [0.15, 0.2) is 0 Å². The van der Waals surface area contributed by atoms with E-state index in [4.69, 9.17) is 0 Å². The fourth-order valence-corrected chi connectivity index (χ4v) is 7.06. The molecule has 3 aliphatic rings. The zero-order valence-corrected chi connectivity index (χ0v) is 23.2. The minimum absolute atomic E-state index is 0.0865. The number of carbonyl (C=O) groups is 2. The lowest BCUT2D eigenvalue weighted by molar-refractivity contribution is -0.136. The number of rotatable bonds is 10. The van der Waals surface area contributed by atoms with Crippen molar-refractivity contribution in [2.45, 2.75) is 75.9 Å². The molecule has 1 aromatic carbocycles. The summed E-state index contributed by atoms with van der Waals surface area (Å²) in [6.45, 7) is 2.69. The second-order valence-electron chi connectivity index (χ2n) is 11.5. The lowest BCUT2D eigenvalue weighted by Gasteiger charge is -2.30. The van der Waals surface area contributed by atoms with Crippen LogP contribution < -0.4 is 10.0 Å². The van der Waals surface area contributed by atoms with Crippen LogP contribution >= 0.6 is 0 Å². The first-order valence-corrected chi connectivity index (χ1v) is 15.8. The standard InChI is InChI=1S/C28H41N5O4S/c1-38(36,37)31-25-12-14-33(19-25)26(34)17-24(16-22-8-4-2-5-9-22)27(35)30-28(20-29)13-15-32(21-28)18-23-10-6-3-7-11-23/h3,6-7,10-11,22,24-25,31H,2,4-5,8-9,12-19,21H2,1H3,(H,30,35). The van der Waals surface area contributed by atoms with E-state index in [-0.39, 0.29) is 24.3 Å². The molecule has 10 heteroatoms. The molecule has 0 aromatic heterocycles. The summed E-state index contributed by atoms with van der Waals surface area (Å²) in [7, 11) is -3.35. The van der Waals surface area contributed by atoms with Crippen LogP contribution in [0.2, 0.25) is 0 Å². The van der Waals surface area contributed by atoms with Crippen molar-refractivity contribution < 1.29 is 18.0 Å². The quantitative estimate of drug-likeness (QED) is 0.467. The highest BCUT2D eigenvalue weighted by Crippen LogP contribution is 2.32. The number of benzene rings is 1. The molecule has 2 N–H and O–H groups in total. The maximum absolute atomic E-state index is 13.7. The average molecular weight is 544 g/mol. The average Bonchev–Trinajstić information content (AvgIpc) is 3.51. The SMILES string of the molecule is CS(=O)(=O)NC1CCN(C(=O)CC(CC2CCCCC2)C(=O)NC2(C#N)CCN(Cc3ccccc3)C2)C1. The van der Waals surface area contributed by atoms with Crippen molar-refractivity contribution in [2.75, 3.05) is 32.4 Å². The largest absolute Gasteiger partial charge is 0.341 e. The number of amides is 2. The number of nitriles is 1. The predicted octanol–water partition coefficient (Wildman–Crippen LogP) is 2.40. The molecule has 4 rings (SSSR count). The van der Waals surface area contributed by atoms with Gasteiger partial charge in [0.2, 0.25) is 21.8 Å². The molecule has 0 spiro atoms. The summed E-state index contributed by atoms with van der Waals surface area (Å²) in [6.07, 6.45) is 8.61. The van der Waals surface area contributed by atoms with Crippen LogP contribution in [0.4, 0.5) is 0 Å². The van der Waals surface area contributed by atoms with E-state index in [1.807, 2.05) is 18.2 Å². The summed E-state index contributed by atoms with van der Waals surface area (Å²) < 4.78 is 25.8. The Hall–Kier alpha value is -2.48. The predicted molar refractivity (Wildman–Crippen MR) is 145 cm³/mol. The van der Waals surface area contributed by atoms with Crippen LogP contribution in [-0.2, 0) is 26.2 Å². The lowest BCUT2D eigenvalue weighted by atomic mass is 9.81. The highest BCUT2D eigenvalue weighted by Gasteiger charge is 2.42. The van der Waals surface area contributed by atoms with Gasteiger partial charge in [0, 0.05) is 51.1 Å². The fraction of sp³-hybridized carbons (Fsp3) is 0.679. The van der Waals surface area contributed by atoms with Crippen molar-refractivity contribution in [3.05, 3.63) is 35.9 Å². The van der Waals surface area contributed by atoms with Gasteiger partial charge in [-0.3, -0.25) is 14.5 Å². The Bertz CT molecular complexity index is 1120. The fourth-order valence-electron chi connectivity index (χ4n) is 6.26. The van der Waals surface area contributed by atoms with E-state index >= 15 is 0 Å². The molecule has 38 heavy (non-hydrogen) atoms. The Morgan fingerprint density at radius 2 is 1.87 bits per heavy atom. The maximum atomic E-state index is 13.7. The molecule has 1 saturated carbocycles. The molecule has 1 aliphatic carbocycles. The summed E-state index contributed by atoms with van der Waals surface area (Å²) in [5.41, 5.74) is 0.209. The van der Waals surface area contributed by atoms with Crippen molar-refractivity contribution in [2.24, 2.45) is 11.8 Å². The van der Waals surface area contributed by atoms with E-state index in [1.54, 1.807) is 4.90 Å². The van der Waals surface area contributed by atoms with Crippen LogP contribution in [0.5, 0.6) is 0 Å². The summed E-state index contributed by atoms with van der Waals surface area (Å²) in [4.78, 5) is 30.8. The second kappa shape index (κ2) is 12.6. The minimum atomic E-state index is -3.35. The van der Waals surface area contributed by atoms with Crippen molar-refractivity contribution in [3.8, 4) is 6.07 Å². The zero-order valence-electron chi connectivity index (χ0n) is 22.4. The Labute approximate surface area is 227 Å². The van der Waals surface area contributed by atoms with E-state index in [9.17, 15) is 23.3 Å². The second-order valence-corrected chi connectivity index (χ2v) is 13.3. The Balaban J connectivity index is 1.40. The molecule has 0 radical (unpaired) electrons. The molecule has 0 bridgehead atoms. The van der Waals surface area contributed by atoms with E-state index in [0.717, 1.165) is 45.0 Å². The molecule has 1 aromatic rings. The number of hydrogen-bond acceptors (Lipinski definition) is 6. The van der Waals surface area contributed by atoms with Crippen LogP contribution in [0.3, 0.4) is 0 Å². The summed E-state index contributed by atoms with van der Waals surface area (Å²) in [5, 5.41) is 13.2. The van der Waals surface area contributed by atoms with Gasteiger partial charge in [-0.25, -0.2) is 13.1 Å². The number of likely N-dealkylation sites (tertiary alicyclic amines) is 2. The third-order valence-corrected chi connectivity index (χ3v) is 8.99. The molecule has 9 nitrogen and oxygen atoms in total. The van der Waals surface area contributed by atoms with E-state index < -0.39 is 21.5 Å². The molecule has 2 saturated heterocycles. The Kier molecular flexibility index (Phi) is 9.45. The van der Waals surface area contributed by atoms with Crippen LogP contribution in [0.15, 0.2) is 30.3 Å². The summed E-state index contributed by atoms with van der Waals surface area (Å²) >= 11 is 0. The van der Waals surface area contributed by atoms with Crippen LogP contribution in [0.1, 0.15) is 63.4 Å². The maximum Gasteiger partial charge on any atom is 0.224 e. The summed E-state index contributed by atoms with van der Waals surface area (Å²) in [5.74, 6) is -0.429. The first-order valence-electron chi connectivity index (χ1n) is 13.9. The highest BCUT2D eigenvalue weighted by molar-refractivity contribution is 7.88. The molecule has 2 amide bonds. The molecule has 2 heterocycles. The zero-order chi connectivity index (χ0) is 27.2. The Morgan fingerprint density at radius 3 is 2.55 bits per heavy atom.